The smallest absolute Gasteiger partial charge is 0.397 e. The zero-order chi connectivity index (χ0) is 40.2. The second kappa shape index (κ2) is 23.8. The fraction of sp³-hybridized carbons (Fsp3) is 0.634. The van der Waals surface area contributed by atoms with Crippen LogP contribution >= 0.6 is 7.82 Å². The summed E-state index contributed by atoms with van der Waals surface area (Å²) in [5.41, 5.74) is 5.26. The minimum atomic E-state index is -4.79. The number of carbonyl (C=O) groups is 1. The van der Waals surface area contributed by atoms with E-state index in [1.54, 1.807) is 42.5 Å². The second-order valence-electron chi connectivity index (χ2n) is 14.7. The first-order chi connectivity index (χ1) is 27.1. The van der Waals surface area contributed by atoms with E-state index >= 15 is 0 Å². The zero-order valence-electron chi connectivity index (χ0n) is 32.8. The molecule has 1 unspecified atom stereocenters. The number of benzene rings is 1. The van der Waals surface area contributed by atoms with Gasteiger partial charge in [0.1, 0.15) is 24.4 Å². The lowest BCUT2D eigenvalue weighted by Crippen LogP contribution is -2.41. The number of unbranched alkanes of at least 4 members (excludes halogenated alkanes) is 15. The van der Waals surface area contributed by atoms with Crippen LogP contribution in [0.5, 0.6) is 0 Å². The molecular formula is C41H62N5O9P. The standard InChI is InChI=1S/C41H62N5O9P/c1-2-3-4-5-6-7-8-9-10-11-12-13-14-15-16-20-27-52-28-33(45-40(49)32-21-18-17-19-22-32)29-53-56(50,51)54-30-36-38(47)39(48)41(31-42,55-36)37-24-23-35-34(43)25-26-44-46(35)37/h17-19,21-26,33,36,38-39,47-48H,2-16,20,27-30,43H2,1H3,(H,45,49)(H,50,51)/t33-,36-,38-,39-,41+/m1/s1. The topological polar surface area (TPSA) is 211 Å². The van der Waals surface area contributed by atoms with Gasteiger partial charge in [-0.15, -0.1) is 0 Å². The van der Waals surface area contributed by atoms with Crippen LogP contribution in [0.15, 0.2) is 54.7 Å². The highest BCUT2D eigenvalue weighted by atomic mass is 31.2. The lowest BCUT2D eigenvalue weighted by Gasteiger charge is -2.24. The Hall–Kier alpha value is -3.38. The van der Waals surface area contributed by atoms with Crippen molar-refractivity contribution in [3.05, 3.63) is 66.0 Å². The SMILES string of the molecule is CCCCCCCCCCCCCCCCCCOC[C@H](COP(=O)(O)OC[C@H]1O[C@@](C#N)(c2ccc3c(N)ccnn23)[C@H](O)[C@@H]1O)NC(=O)c1ccccc1. The molecule has 1 aromatic carbocycles. The summed E-state index contributed by atoms with van der Waals surface area (Å²) < 4.78 is 36.4. The summed E-state index contributed by atoms with van der Waals surface area (Å²) in [6, 6.07) is 14.3. The first-order valence-corrected chi connectivity index (χ1v) is 21.8. The monoisotopic (exact) mass is 799 g/mol. The van der Waals surface area contributed by atoms with Crippen LogP contribution in [0.4, 0.5) is 5.69 Å². The van der Waals surface area contributed by atoms with Crippen molar-refractivity contribution in [3.63, 3.8) is 0 Å². The van der Waals surface area contributed by atoms with Crippen LogP contribution in [0.3, 0.4) is 0 Å². The molecule has 3 aromatic rings. The van der Waals surface area contributed by atoms with Gasteiger partial charge in [-0.1, -0.05) is 121 Å². The van der Waals surface area contributed by atoms with E-state index in [-0.39, 0.29) is 12.3 Å². The average molecular weight is 800 g/mol. The summed E-state index contributed by atoms with van der Waals surface area (Å²) >= 11 is 0. The number of aliphatic hydroxyl groups is 2. The molecule has 6 atom stereocenters. The molecule has 14 nitrogen and oxygen atoms in total. The number of rotatable bonds is 28. The molecule has 0 aliphatic carbocycles. The molecule has 3 heterocycles. The highest BCUT2D eigenvalue weighted by molar-refractivity contribution is 7.47. The van der Waals surface area contributed by atoms with Crippen molar-refractivity contribution < 1.29 is 43.0 Å². The van der Waals surface area contributed by atoms with Gasteiger partial charge < -0.3 is 35.6 Å². The number of amides is 1. The molecule has 1 saturated heterocycles. The first-order valence-electron chi connectivity index (χ1n) is 20.3. The molecule has 1 amide bonds. The lowest BCUT2D eigenvalue weighted by atomic mass is 9.92. The van der Waals surface area contributed by atoms with E-state index in [0.29, 0.717) is 23.4 Å². The molecule has 1 fully saturated rings. The Morgan fingerprint density at radius 2 is 1.54 bits per heavy atom. The molecule has 56 heavy (non-hydrogen) atoms. The molecule has 4 rings (SSSR count). The van der Waals surface area contributed by atoms with Crippen molar-refractivity contribution in [2.45, 2.75) is 140 Å². The van der Waals surface area contributed by atoms with Crippen LogP contribution < -0.4 is 11.1 Å². The Morgan fingerprint density at radius 3 is 2.14 bits per heavy atom. The third-order valence-corrected chi connectivity index (χ3v) is 11.2. The van der Waals surface area contributed by atoms with Gasteiger partial charge in [0.15, 0.2) is 0 Å². The van der Waals surface area contributed by atoms with Gasteiger partial charge >= 0.3 is 7.82 Å². The second-order valence-corrected chi connectivity index (χ2v) is 16.2. The maximum atomic E-state index is 13.0. The number of fused-ring (bicyclic) bond motifs is 1. The Bertz CT molecular complexity index is 1690. The van der Waals surface area contributed by atoms with E-state index in [1.165, 1.54) is 100 Å². The van der Waals surface area contributed by atoms with Gasteiger partial charge in [-0.3, -0.25) is 13.8 Å². The van der Waals surface area contributed by atoms with Crippen molar-refractivity contribution in [2.75, 3.05) is 32.2 Å². The molecule has 0 radical (unpaired) electrons. The van der Waals surface area contributed by atoms with E-state index in [4.69, 9.17) is 24.3 Å². The third-order valence-electron chi connectivity index (χ3n) is 10.3. The number of aromatic nitrogens is 2. The molecule has 1 aliphatic heterocycles. The quantitative estimate of drug-likeness (QED) is 0.0373. The first kappa shape index (κ1) is 45.3. The Balaban J connectivity index is 1.18. The predicted octanol–water partition coefficient (Wildman–Crippen LogP) is 6.97. The number of nitrogens with two attached hydrogens (primary N) is 1. The van der Waals surface area contributed by atoms with Crippen LogP contribution in [0, 0.1) is 11.3 Å². The largest absolute Gasteiger partial charge is 0.472 e. The number of nitriles is 1. The van der Waals surface area contributed by atoms with Crippen molar-refractivity contribution >= 4 is 24.9 Å². The summed E-state index contributed by atoms with van der Waals surface area (Å²) in [6.45, 7) is 1.62. The molecule has 1 aliphatic rings. The number of carbonyl (C=O) groups excluding carboxylic acids is 1. The highest BCUT2D eigenvalue weighted by Gasteiger charge is 2.58. The lowest BCUT2D eigenvalue weighted by molar-refractivity contribution is -0.0645. The normalized spacial score (nSPS) is 21.2. The van der Waals surface area contributed by atoms with Gasteiger partial charge in [-0.2, -0.15) is 10.4 Å². The molecule has 15 heteroatoms. The maximum absolute atomic E-state index is 13.0. The molecule has 0 spiro atoms. The van der Waals surface area contributed by atoms with Gasteiger partial charge in [0.2, 0.25) is 5.60 Å². The summed E-state index contributed by atoms with van der Waals surface area (Å²) in [5, 5.41) is 38.9. The highest BCUT2D eigenvalue weighted by Crippen LogP contribution is 2.46. The van der Waals surface area contributed by atoms with Gasteiger partial charge in [0.05, 0.1) is 42.8 Å². The number of nitrogens with zero attached hydrogens (tertiary/aromatic N) is 3. The number of hydrogen-bond donors (Lipinski definition) is 5. The summed E-state index contributed by atoms with van der Waals surface area (Å²) in [4.78, 5) is 23.5. The number of aliphatic hydroxyl groups excluding tert-OH is 2. The van der Waals surface area contributed by atoms with Gasteiger partial charge in [0.25, 0.3) is 5.91 Å². The van der Waals surface area contributed by atoms with Crippen molar-refractivity contribution in [2.24, 2.45) is 0 Å². The van der Waals surface area contributed by atoms with Gasteiger partial charge in [-0.25, -0.2) is 9.08 Å². The number of nitrogens with one attached hydrogen (secondary N) is 1. The number of phosphoric ester groups is 1. The van der Waals surface area contributed by atoms with Crippen molar-refractivity contribution in [3.8, 4) is 6.07 Å². The summed E-state index contributed by atoms with van der Waals surface area (Å²) in [5.74, 6) is -0.405. The number of ether oxygens (including phenoxy) is 2. The van der Waals surface area contributed by atoms with Crippen LogP contribution in [-0.4, -0.2) is 81.4 Å². The molecule has 310 valence electrons. The van der Waals surface area contributed by atoms with E-state index in [0.717, 1.165) is 19.3 Å². The Labute approximate surface area is 331 Å². The number of nitrogen functional groups attached to an aromatic ring is 1. The summed E-state index contributed by atoms with van der Waals surface area (Å²) in [7, 11) is -4.79. The van der Waals surface area contributed by atoms with E-state index in [9.17, 15) is 29.7 Å². The third kappa shape index (κ3) is 13.6. The number of hydrogen-bond acceptors (Lipinski definition) is 11. The van der Waals surface area contributed by atoms with E-state index in [1.807, 2.05) is 6.07 Å². The summed E-state index contributed by atoms with van der Waals surface area (Å²) in [6.07, 6.45) is 16.9. The van der Waals surface area contributed by atoms with Crippen LogP contribution in [0.2, 0.25) is 0 Å². The van der Waals surface area contributed by atoms with Gasteiger partial charge in [-0.05, 0) is 36.8 Å². The van der Waals surface area contributed by atoms with E-state index < -0.39 is 56.9 Å². The van der Waals surface area contributed by atoms with Crippen molar-refractivity contribution in [1.29, 1.82) is 5.26 Å². The molecular weight excluding hydrogens is 737 g/mol. The fourth-order valence-corrected chi connectivity index (χ4v) is 7.77. The molecule has 6 N–H and O–H groups in total. The molecule has 2 aromatic heterocycles. The molecule has 0 saturated carbocycles. The Morgan fingerprint density at radius 1 is 0.929 bits per heavy atom. The van der Waals surface area contributed by atoms with E-state index in [2.05, 4.69) is 17.3 Å². The van der Waals surface area contributed by atoms with Crippen molar-refractivity contribution in [1.82, 2.24) is 14.9 Å². The predicted molar refractivity (Wildman–Crippen MR) is 214 cm³/mol. The fourth-order valence-electron chi connectivity index (χ4n) is 6.99. The van der Waals surface area contributed by atoms with Crippen LogP contribution in [-0.2, 0) is 28.7 Å². The molecule has 0 bridgehead atoms. The minimum absolute atomic E-state index is 0.0302. The average Bonchev–Trinajstić information content (AvgIpc) is 3.75. The maximum Gasteiger partial charge on any atom is 0.472 e. The minimum Gasteiger partial charge on any atom is -0.397 e. The van der Waals surface area contributed by atoms with Crippen LogP contribution in [0.1, 0.15) is 126 Å². The number of phosphoric acid groups is 1. The zero-order valence-corrected chi connectivity index (χ0v) is 33.7. The Kier molecular flexibility index (Phi) is 19.2. The van der Waals surface area contributed by atoms with Gasteiger partial charge in [0, 0.05) is 18.4 Å². The van der Waals surface area contributed by atoms with Crippen LogP contribution in [0.25, 0.3) is 5.52 Å². The number of anilines is 1.